The molecule has 0 amide bonds. The molecule has 0 saturated carbocycles. The lowest BCUT2D eigenvalue weighted by Crippen LogP contribution is -1.80. The summed E-state index contributed by atoms with van der Waals surface area (Å²) in [5.41, 5.74) is 1.26. The smallest absolute Gasteiger partial charge is 0.0827 e. The fraction of sp³-hybridized carbons (Fsp3) is 0.200. The zero-order chi connectivity index (χ0) is 7.94. The Morgan fingerprint density at radius 2 is 1.91 bits per heavy atom. The Balaban J connectivity index is 2.39. The van der Waals surface area contributed by atoms with Crippen molar-refractivity contribution in [1.29, 1.82) is 0 Å². The van der Waals surface area contributed by atoms with E-state index in [0.717, 1.165) is 12.8 Å². The van der Waals surface area contributed by atoms with Crippen LogP contribution in [0.1, 0.15) is 12.0 Å². The summed E-state index contributed by atoms with van der Waals surface area (Å²) in [4.78, 5) is 0. The molecule has 0 heterocycles. The summed E-state index contributed by atoms with van der Waals surface area (Å²) in [5, 5.41) is 0. The van der Waals surface area contributed by atoms with Crippen LogP contribution in [0.5, 0.6) is 0 Å². The molecule has 11 heavy (non-hydrogen) atoms. The van der Waals surface area contributed by atoms with Gasteiger partial charge in [-0.25, -0.2) is 4.39 Å². The van der Waals surface area contributed by atoms with E-state index in [0.29, 0.717) is 6.33 Å². The van der Waals surface area contributed by atoms with Crippen LogP contribution in [0, 0.1) is 0 Å². The summed E-state index contributed by atoms with van der Waals surface area (Å²) in [6, 6.07) is 10.1. The minimum Gasteiger partial charge on any atom is -0.216 e. The monoisotopic (exact) mass is 150 g/mol. The zero-order valence-electron chi connectivity index (χ0n) is 6.33. The van der Waals surface area contributed by atoms with Crippen molar-refractivity contribution in [3.8, 4) is 0 Å². The third-order valence-electron chi connectivity index (χ3n) is 1.53. The van der Waals surface area contributed by atoms with E-state index in [1.807, 2.05) is 30.3 Å². The van der Waals surface area contributed by atoms with Crippen LogP contribution >= 0.6 is 0 Å². The van der Waals surface area contributed by atoms with Crippen LogP contribution in [-0.2, 0) is 6.42 Å². The average molecular weight is 150 g/mol. The predicted molar refractivity (Wildman–Crippen MR) is 45.0 cm³/mol. The van der Waals surface area contributed by atoms with Crippen molar-refractivity contribution in [3.05, 3.63) is 48.3 Å². The number of rotatable bonds is 3. The average Bonchev–Trinajstić information content (AvgIpc) is 2.07. The molecule has 0 radical (unpaired) electrons. The van der Waals surface area contributed by atoms with Gasteiger partial charge in [-0.3, -0.25) is 0 Å². The zero-order valence-corrected chi connectivity index (χ0v) is 6.33. The van der Waals surface area contributed by atoms with Crippen LogP contribution < -0.4 is 0 Å². The van der Waals surface area contributed by atoms with Crippen molar-refractivity contribution < 1.29 is 4.39 Å². The number of aryl methyl sites for hydroxylation is 1. The lowest BCUT2D eigenvalue weighted by molar-refractivity contribution is 0.713. The van der Waals surface area contributed by atoms with E-state index < -0.39 is 0 Å². The maximum atomic E-state index is 11.5. The SMILES string of the molecule is F/C=C\CCc1ccccc1. The molecule has 0 unspecified atom stereocenters. The molecular weight excluding hydrogens is 139 g/mol. The van der Waals surface area contributed by atoms with E-state index in [9.17, 15) is 4.39 Å². The van der Waals surface area contributed by atoms with Crippen LogP contribution in [0.2, 0.25) is 0 Å². The van der Waals surface area contributed by atoms with Gasteiger partial charge in [0.2, 0.25) is 0 Å². The van der Waals surface area contributed by atoms with Gasteiger partial charge < -0.3 is 0 Å². The first-order chi connectivity index (χ1) is 5.43. The molecule has 0 aliphatic rings. The van der Waals surface area contributed by atoms with Crippen LogP contribution in [-0.4, -0.2) is 0 Å². The highest BCUT2D eigenvalue weighted by Crippen LogP contribution is 2.02. The quantitative estimate of drug-likeness (QED) is 0.621. The maximum absolute atomic E-state index is 11.5. The number of allylic oxidation sites excluding steroid dienone is 1. The van der Waals surface area contributed by atoms with Gasteiger partial charge in [-0.2, -0.15) is 0 Å². The summed E-state index contributed by atoms with van der Waals surface area (Å²) in [5.74, 6) is 0. The van der Waals surface area contributed by atoms with Crippen molar-refractivity contribution in [2.45, 2.75) is 12.8 Å². The standard InChI is InChI=1S/C10H11F/c11-9-5-4-8-10-6-2-1-3-7-10/h1-3,5-7,9H,4,8H2/b9-5-. The third kappa shape index (κ3) is 2.99. The minimum absolute atomic E-state index is 0.600. The highest BCUT2D eigenvalue weighted by atomic mass is 19.1. The molecule has 0 atom stereocenters. The molecule has 0 bridgehead atoms. The van der Waals surface area contributed by atoms with Crippen LogP contribution in [0.15, 0.2) is 42.7 Å². The lowest BCUT2D eigenvalue weighted by atomic mass is 10.1. The molecule has 0 aliphatic carbocycles. The minimum atomic E-state index is 0.600. The number of hydrogen-bond acceptors (Lipinski definition) is 0. The molecule has 0 aliphatic heterocycles. The van der Waals surface area contributed by atoms with E-state index >= 15 is 0 Å². The van der Waals surface area contributed by atoms with Gasteiger partial charge in [0, 0.05) is 0 Å². The topological polar surface area (TPSA) is 0 Å². The maximum Gasteiger partial charge on any atom is 0.0827 e. The summed E-state index contributed by atoms with van der Waals surface area (Å²) in [6.07, 6.45) is 3.83. The summed E-state index contributed by atoms with van der Waals surface area (Å²) in [7, 11) is 0. The number of benzene rings is 1. The molecule has 1 rings (SSSR count). The van der Waals surface area contributed by atoms with Crippen molar-refractivity contribution in [2.75, 3.05) is 0 Å². The lowest BCUT2D eigenvalue weighted by Gasteiger charge is -1.94. The highest BCUT2D eigenvalue weighted by molar-refractivity contribution is 5.15. The molecule has 0 fully saturated rings. The van der Waals surface area contributed by atoms with Crippen molar-refractivity contribution in [2.24, 2.45) is 0 Å². The highest BCUT2D eigenvalue weighted by Gasteiger charge is 1.86. The van der Waals surface area contributed by atoms with Gasteiger partial charge in [0.25, 0.3) is 0 Å². The van der Waals surface area contributed by atoms with E-state index in [1.165, 1.54) is 11.6 Å². The van der Waals surface area contributed by atoms with Gasteiger partial charge in [0.05, 0.1) is 6.33 Å². The van der Waals surface area contributed by atoms with Crippen LogP contribution in [0.4, 0.5) is 4.39 Å². The van der Waals surface area contributed by atoms with Crippen LogP contribution in [0.25, 0.3) is 0 Å². The second-order valence-corrected chi connectivity index (χ2v) is 2.39. The number of hydrogen-bond donors (Lipinski definition) is 0. The van der Waals surface area contributed by atoms with E-state index in [2.05, 4.69) is 0 Å². The van der Waals surface area contributed by atoms with Crippen molar-refractivity contribution >= 4 is 0 Å². The van der Waals surface area contributed by atoms with Crippen LogP contribution in [0.3, 0.4) is 0 Å². The largest absolute Gasteiger partial charge is 0.216 e. The van der Waals surface area contributed by atoms with E-state index in [1.54, 1.807) is 0 Å². The van der Waals surface area contributed by atoms with Gasteiger partial charge >= 0.3 is 0 Å². The second-order valence-electron chi connectivity index (χ2n) is 2.39. The Bertz CT molecular complexity index is 214. The fourth-order valence-electron chi connectivity index (χ4n) is 0.958. The third-order valence-corrected chi connectivity index (χ3v) is 1.53. The molecule has 0 spiro atoms. The normalized spacial score (nSPS) is 10.6. The molecule has 1 heteroatoms. The van der Waals surface area contributed by atoms with Crippen molar-refractivity contribution in [3.63, 3.8) is 0 Å². The Morgan fingerprint density at radius 1 is 1.18 bits per heavy atom. The number of halogens is 1. The Labute approximate surface area is 66.4 Å². The summed E-state index contributed by atoms with van der Waals surface area (Å²) < 4.78 is 11.5. The van der Waals surface area contributed by atoms with Gasteiger partial charge in [0.15, 0.2) is 0 Å². The predicted octanol–water partition coefficient (Wildman–Crippen LogP) is 3.10. The first-order valence-electron chi connectivity index (χ1n) is 3.72. The first-order valence-corrected chi connectivity index (χ1v) is 3.72. The molecule has 1 aromatic carbocycles. The molecule has 0 saturated heterocycles. The molecule has 0 nitrogen and oxygen atoms in total. The summed E-state index contributed by atoms with van der Waals surface area (Å²) in [6.45, 7) is 0. The fourth-order valence-corrected chi connectivity index (χ4v) is 0.958. The van der Waals surface area contributed by atoms with Crippen molar-refractivity contribution in [1.82, 2.24) is 0 Å². The first kappa shape index (κ1) is 7.99. The van der Waals surface area contributed by atoms with Gasteiger partial charge in [-0.1, -0.05) is 36.4 Å². The molecule has 0 N–H and O–H groups in total. The Morgan fingerprint density at radius 3 is 2.55 bits per heavy atom. The second kappa shape index (κ2) is 4.67. The molecule has 58 valence electrons. The molecular formula is C10H11F. The van der Waals surface area contributed by atoms with Gasteiger partial charge in [0.1, 0.15) is 0 Å². The Hall–Kier alpha value is -1.11. The Kier molecular flexibility index (Phi) is 3.39. The van der Waals surface area contributed by atoms with Gasteiger partial charge in [-0.05, 0) is 18.4 Å². The van der Waals surface area contributed by atoms with Gasteiger partial charge in [-0.15, -0.1) is 0 Å². The van der Waals surface area contributed by atoms with E-state index in [4.69, 9.17) is 0 Å². The summed E-state index contributed by atoms with van der Waals surface area (Å²) >= 11 is 0. The molecule has 0 aromatic heterocycles. The molecule has 1 aromatic rings. The van der Waals surface area contributed by atoms with E-state index in [-0.39, 0.29) is 0 Å².